The lowest BCUT2D eigenvalue weighted by molar-refractivity contribution is -0.116. The molecule has 5 nitrogen and oxygen atoms in total. The Kier molecular flexibility index (Phi) is 4.69. The molecular weight excluding hydrogens is 370 g/mol. The maximum Gasteiger partial charge on any atom is 0.226 e. The number of thiazole rings is 1. The Bertz CT molecular complexity index is 1020. The van der Waals surface area contributed by atoms with Crippen LogP contribution in [-0.4, -0.2) is 15.9 Å². The summed E-state index contributed by atoms with van der Waals surface area (Å²) in [5, 5.41) is 4.10. The van der Waals surface area contributed by atoms with Crippen molar-refractivity contribution >= 4 is 44.2 Å². The van der Waals surface area contributed by atoms with Crippen LogP contribution in [0.25, 0.3) is 21.5 Å². The summed E-state index contributed by atoms with van der Waals surface area (Å²) < 4.78 is 6.76. The van der Waals surface area contributed by atoms with Gasteiger partial charge in [-0.3, -0.25) is 4.79 Å². The van der Waals surface area contributed by atoms with Gasteiger partial charge in [-0.1, -0.05) is 35.1 Å². The number of carbonyl (C=O) groups is 1. The van der Waals surface area contributed by atoms with E-state index in [0.29, 0.717) is 28.2 Å². The lowest BCUT2D eigenvalue weighted by Crippen LogP contribution is -2.12. The highest BCUT2D eigenvalue weighted by atomic mass is 35.5. The molecule has 0 radical (unpaired) electrons. The SMILES string of the molecule is O=C(CCc1ncc(-c2ccc(Cl)cc2)o1)Nc1nc2ccccc2s1. The molecule has 0 saturated carbocycles. The number of nitrogens with zero attached hydrogens (tertiary/aromatic N) is 2. The van der Waals surface area contributed by atoms with Gasteiger partial charge in [0.2, 0.25) is 5.91 Å². The predicted molar refractivity (Wildman–Crippen MR) is 104 cm³/mol. The first-order valence-corrected chi connectivity index (χ1v) is 9.23. The van der Waals surface area contributed by atoms with Crippen LogP contribution in [0.5, 0.6) is 0 Å². The average molecular weight is 384 g/mol. The fourth-order valence-corrected chi connectivity index (χ4v) is 3.51. The molecule has 0 fully saturated rings. The fourth-order valence-electron chi connectivity index (χ4n) is 2.50. The number of para-hydroxylation sites is 1. The van der Waals surface area contributed by atoms with Gasteiger partial charge < -0.3 is 9.73 Å². The number of fused-ring (bicyclic) bond motifs is 1. The van der Waals surface area contributed by atoms with Crippen molar-refractivity contribution in [2.45, 2.75) is 12.8 Å². The molecular formula is C19H14ClN3O2S. The first-order chi connectivity index (χ1) is 12.7. The number of carbonyl (C=O) groups excluding carboxylic acids is 1. The van der Waals surface area contributed by atoms with Gasteiger partial charge in [0.25, 0.3) is 0 Å². The Balaban J connectivity index is 1.36. The highest BCUT2D eigenvalue weighted by Crippen LogP contribution is 2.26. The normalized spacial score (nSPS) is 11.0. The van der Waals surface area contributed by atoms with Crippen LogP contribution in [-0.2, 0) is 11.2 Å². The number of amides is 1. The lowest BCUT2D eigenvalue weighted by atomic mass is 10.2. The van der Waals surface area contributed by atoms with E-state index in [-0.39, 0.29) is 12.3 Å². The van der Waals surface area contributed by atoms with Gasteiger partial charge in [-0.05, 0) is 36.4 Å². The van der Waals surface area contributed by atoms with Crippen molar-refractivity contribution in [2.75, 3.05) is 5.32 Å². The minimum atomic E-state index is -0.115. The van der Waals surface area contributed by atoms with Crippen molar-refractivity contribution in [3.8, 4) is 11.3 Å². The number of hydrogen-bond donors (Lipinski definition) is 1. The molecule has 130 valence electrons. The van der Waals surface area contributed by atoms with E-state index in [9.17, 15) is 4.79 Å². The summed E-state index contributed by atoms with van der Waals surface area (Å²) in [5.74, 6) is 1.06. The number of hydrogen-bond acceptors (Lipinski definition) is 5. The molecule has 2 heterocycles. The number of oxazole rings is 1. The van der Waals surface area contributed by atoms with Crippen LogP contribution in [0.15, 0.2) is 59.1 Å². The molecule has 2 aromatic heterocycles. The summed E-state index contributed by atoms with van der Waals surface area (Å²) in [7, 11) is 0. The van der Waals surface area contributed by atoms with Crippen LogP contribution in [0, 0.1) is 0 Å². The van der Waals surface area contributed by atoms with Gasteiger partial charge in [-0.25, -0.2) is 9.97 Å². The lowest BCUT2D eigenvalue weighted by Gasteiger charge is -1.99. The number of halogens is 1. The minimum Gasteiger partial charge on any atom is -0.441 e. The van der Waals surface area contributed by atoms with E-state index < -0.39 is 0 Å². The third-order valence-electron chi connectivity index (χ3n) is 3.79. The molecule has 0 unspecified atom stereocenters. The van der Waals surface area contributed by atoms with Gasteiger partial charge in [0.05, 0.1) is 16.4 Å². The number of nitrogens with one attached hydrogen (secondary N) is 1. The van der Waals surface area contributed by atoms with Gasteiger partial charge in [-0.15, -0.1) is 0 Å². The Morgan fingerprint density at radius 3 is 2.77 bits per heavy atom. The second-order valence-electron chi connectivity index (χ2n) is 5.66. The first-order valence-electron chi connectivity index (χ1n) is 8.03. The molecule has 26 heavy (non-hydrogen) atoms. The van der Waals surface area contributed by atoms with Gasteiger partial charge in [0.15, 0.2) is 16.8 Å². The topological polar surface area (TPSA) is 68.0 Å². The van der Waals surface area contributed by atoms with Crippen molar-refractivity contribution in [2.24, 2.45) is 0 Å². The molecule has 0 aliphatic carbocycles. The number of aryl methyl sites for hydroxylation is 1. The second kappa shape index (κ2) is 7.27. The van der Waals surface area contributed by atoms with Crippen LogP contribution in [0.4, 0.5) is 5.13 Å². The summed E-state index contributed by atoms with van der Waals surface area (Å²) >= 11 is 7.34. The molecule has 4 rings (SSSR count). The Morgan fingerprint density at radius 1 is 1.15 bits per heavy atom. The number of rotatable bonds is 5. The molecule has 1 N–H and O–H groups in total. The van der Waals surface area contributed by atoms with Gasteiger partial charge in [0.1, 0.15) is 0 Å². The highest BCUT2D eigenvalue weighted by Gasteiger charge is 2.11. The molecule has 0 aliphatic rings. The van der Waals surface area contributed by atoms with E-state index in [1.807, 2.05) is 36.4 Å². The van der Waals surface area contributed by atoms with Gasteiger partial charge in [0, 0.05) is 23.4 Å². The fraction of sp³-hybridized carbons (Fsp3) is 0.105. The van der Waals surface area contributed by atoms with E-state index in [0.717, 1.165) is 15.8 Å². The summed E-state index contributed by atoms with van der Waals surface area (Å²) in [6.07, 6.45) is 2.35. The number of anilines is 1. The van der Waals surface area contributed by atoms with E-state index in [2.05, 4.69) is 15.3 Å². The van der Waals surface area contributed by atoms with E-state index >= 15 is 0 Å². The maximum atomic E-state index is 12.1. The monoisotopic (exact) mass is 383 g/mol. The summed E-state index contributed by atoms with van der Waals surface area (Å²) in [5.41, 5.74) is 1.78. The van der Waals surface area contributed by atoms with E-state index in [1.54, 1.807) is 18.3 Å². The van der Waals surface area contributed by atoms with Crippen LogP contribution < -0.4 is 5.32 Å². The van der Waals surface area contributed by atoms with Crippen molar-refractivity contribution in [3.63, 3.8) is 0 Å². The van der Waals surface area contributed by atoms with E-state index in [4.69, 9.17) is 16.0 Å². The minimum absolute atomic E-state index is 0.115. The number of benzene rings is 2. The average Bonchev–Trinajstić information content (AvgIpc) is 3.27. The van der Waals surface area contributed by atoms with Crippen molar-refractivity contribution in [3.05, 3.63) is 65.6 Å². The third kappa shape index (κ3) is 3.76. The quantitative estimate of drug-likeness (QED) is 0.515. The molecule has 0 spiro atoms. The smallest absolute Gasteiger partial charge is 0.226 e. The first kappa shape index (κ1) is 16.8. The molecule has 0 atom stereocenters. The molecule has 0 aliphatic heterocycles. The second-order valence-corrected chi connectivity index (χ2v) is 7.13. The van der Waals surface area contributed by atoms with Crippen LogP contribution >= 0.6 is 22.9 Å². The molecule has 0 bridgehead atoms. The summed E-state index contributed by atoms with van der Waals surface area (Å²) in [6.45, 7) is 0. The largest absolute Gasteiger partial charge is 0.441 e. The molecule has 1 amide bonds. The van der Waals surface area contributed by atoms with Crippen LogP contribution in [0.1, 0.15) is 12.3 Å². The zero-order valence-electron chi connectivity index (χ0n) is 13.6. The third-order valence-corrected chi connectivity index (χ3v) is 4.99. The van der Waals surface area contributed by atoms with E-state index in [1.165, 1.54) is 11.3 Å². The highest BCUT2D eigenvalue weighted by molar-refractivity contribution is 7.22. The Labute approximate surface area is 158 Å². The Hall–Kier alpha value is -2.70. The molecule has 4 aromatic rings. The zero-order valence-corrected chi connectivity index (χ0v) is 15.2. The molecule has 7 heteroatoms. The van der Waals surface area contributed by atoms with Crippen LogP contribution in [0.3, 0.4) is 0 Å². The van der Waals surface area contributed by atoms with Gasteiger partial charge in [-0.2, -0.15) is 0 Å². The summed E-state index contributed by atoms with van der Waals surface area (Å²) in [4.78, 5) is 20.8. The molecule has 2 aromatic carbocycles. The molecule has 0 saturated heterocycles. The standard InChI is InChI=1S/C19H14ClN3O2S/c20-13-7-5-12(6-8-13)15-11-21-18(25-15)10-9-17(24)23-19-22-14-3-1-2-4-16(14)26-19/h1-8,11H,9-10H2,(H,22,23,24). The Morgan fingerprint density at radius 2 is 1.96 bits per heavy atom. The van der Waals surface area contributed by atoms with Crippen molar-refractivity contribution < 1.29 is 9.21 Å². The maximum absolute atomic E-state index is 12.1. The van der Waals surface area contributed by atoms with Crippen molar-refractivity contribution in [1.29, 1.82) is 0 Å². The number of aromatic nitrogens is 2. The van der Waals surface area contributed by atoms with Crippen molar-refractivity contribution in [1.82, 2.24) is 9.97 Å². The van der Waals surface area contributed by atoms with Crippen LogP contribution in [0.2, 0.25) is 5.02 Å². The predicted octanol–water partition coefficient (Wildman–Crippen LogP) is 5.18. The summed E-state index contributed by atoms with van der Waals surface area (Å²) in [6, 6.07) is 15.1. The zero-order chi connectivity index (χ0) is 17.9. The van der Waals surface area contributed by atoms with Gasteiger partial charge >= 0.3 is 0 Å².